The number of carbonyl (C=O) groups is 1. The fraction of sp³-hybridized carbons (Fsp3) is 0.120. The second kappa shape index (κ2) is 8.93. The van der Waals surface area contributed by atoms with Crippen LogP contribution < -0.4 is 10.7 Å². The Labute approximate surface area is 192 Å². The molecule has 3 aromatic carbocycles. The summed E-state index contributed by atoms with van der Waals surface area (Å²) in [7, 11) is 0. The monoisotopic (exact) mass is 525 g/mol. The van der Waals surface area contributed by atoms with E-state index in [-0.39, 0.29) is 11.0 Å². The maximum atomic E-state index is 13.1. The molecule has 2 N–H and O–H groups in total. The summed E-state index contributed by atoms with van der Waals surface area (Å²) in [6, 6.07) is 20.3. The van der Waals surface area contributed by atoms with Crippen LogP contribution in [0.4, 0.5) is 5.69 Å². The summed E-state index contributed by atoms with van der Waals surface area (Å²) >= 11 is 2.05. The highest BCUT2D eigenvalue weighted by molar-refractivity contribution is 14.1. The number of hydrogen-bond donors (Lipinski definition) is 2. The Morgan fingerprint density at radius 1 is 1.06 bits per heavy atom. The fourth-order valence-electron chi connectivity index (χ4n) is 3.62. The number of para-hydroxylation sites is 1. The normalized spacial score (nSPS) is 10.9. The molecule has 0 unspecified atom stereocenters. The molecule has 0 atom stereocenters. The molecule has 6 heteroatoms. The molecule has 0 amide bonds. The molecule has 5 nitrogen and oxygen atoms in total. The first-order valence-electron chi connectivity index (χ1n) is 9.83. The molecular weight excluding hydrogens is 505 g/mol. The fourth-order valence-corrected chi connectivity index (χ4v) is 4.33. The molecule has 31 heavy (non-hydrogen) atoms. The number of fused-ring (bicyclic) bond motifs is 1. The van der Waals surface area contributed by atoms with E-state index in [1.54, 1.807) is 24.3 Å². The third-order valence-corrected chi connectivity index (χ3v) is 6.04. The van der Waals surface area contributed by atoms with Crippen LogP contribution in [0.3, 0.4) is 0 Å². The number of hydrogen-bond acceptors (Lipinski definition) is 4. The van der Waals surface area contributed by atoms with E-state index in [9.17, 15) is 14.7 Å². The van der Waals surface area contributed by atoms with Gasteiger partial charge < -0.3 is 14.8 Å². The van der Waals surface area contributed by atoms with Crippen molar-refractivity contribution in [3.63, 3.8) is 0 Å². The smallest absolute Gasteiger partial charge is 0.337 e. The molecule has 4 aromatic rings. The Kier molecular flexibility index (Phi) is 6.08. The molecule has 0 saturated carbocycles. The van der Waals surface area contributed by atoms with Crippen molar-refractivity contribution in [2.45, 2.75) is 13.3 Å². The summed E-state index contributed by atoms with van der Waals surface area (Å²) in [5.41, 5.74) is 4.05. The van der Waals surface area contributed by atoms with Gasteiger partial charge in [0.25, 0.3) is 0 Å². The minimum Gasteiger partial charge on any atom is -0.478 e. The van der Waals surface area contributed by atoms with Crippen molar-refractivity contribution in [2.75, 3.05) is 11.9 Å². The Morgan fingerprint density at radius 2 is 1.77 bits per heavy atom. The van der Waals surface area contributed by atoms with Gasteiger partial charge in [-0.1, -0.05) is 48.5 Å². The maximum absolute atomic E-state index is 13.1. The largest absolute Gasteiger partial charge is 0.478 e. The molecule has 0 bridgehead atoms. The number of nitrogens with one attached hydrogen (secondary N) is 1. The Bertz CT molecular complexity index is 1330. The third-order valence-electron chi connectivity index (χ3n) is 5.06. The van der Waals surface area contributed by atoms with E-state index < -0.39 is 5.97 Å². The molecule has 0 aliphatic heterocycles. The average Bonchev–Trinajstić information content (AvgIpc) is 2.77. The second-order valence-electron chi connectivity index (χ2n) is 7.27. The number of benzene rings is 3. The van der Waals surface area contributed by atoms with E-state index >= 15 is 0 Å². The van der Waals surface area contributed by atoms with E-state index in [0.29, 0.717) is 39.0 Å². The van der Waals surface area contributed by atoms with Crippen LogP contribution >= 0.6 is 22.6 Å². The summed E-state index contributed by atoms with van der Waals surface area (Å²) in [6.45, 7) is 2.45. The van der Waals surface area contributed by atoms with Gasteiger partial charge in [-0.15, -0.1) is 0 Å². The number of carboxylic acids is 1. The van der Waals surface area contributed by atoms with Crippen LogP contribution in [0.15, 0.2) is 75.9 Å². The number of aryl methyl sites for hydroxylation is 1. The molecule has 0 aliphatic carbocycles. The minimum atomic E-state index is -0.975. The van der Waals surface area contributed by atoms with E-state index in [4.69, 9.17) is 4.42 Å². The minimum absolute atomic E-state index is 0.0464. The molecule has 0 saturated heterocycles. The maximum Gasteiger partial charge on any atom is 0.337 e. The molecule has 4 rings (SSSR count). The average molecular weight is 525 g/mol. The van der Waals surface area contributed by atoms with E-state index in [1.165, 1.54) is 0 Å². The number of halogens is 1. The van der Waals surface area contributed by atoms with Crippen LogP contribution in [0.2, 0.25) is 0 Å². The van der Waals surface area contributed by atoms with Crippen molar-refractivity contribution in [1.29, 1.82) is 0 Å². The quantitative estimate of drug-likeness (QED) is 0.315. The second-order valence-corrected chi connectivity index (χ2v) is 8.35. The van der Waals surface area contributed by atoms with Gasteiger partial charge in [0, 0.05) is 17.8 Å². The molecule has 0 aliphatic rings. The number of aromatic carboxylic acids is 1. The summed E-state index contributed by atoms with van der Waals surface area (Å²) in [5, 5.41) is 13.1. The third kappa shape index (κ3) is 4.34. The number of rotatable bonds is 6. The van der Waals surface area contributed by atoms with Gasteiger partial charge in [0.15, 0.2) is 5.76 Å². The van der Waals surface area contributed by atoms with Crippen molar-refractivity contribution in [2.24, 2.45) is 0 Å². The van der Waals surface area contributed by atoms with Gasteiger partial charge in [-0.2, -0.15) is 0 Å². The van der Waals surface area contributed by atoms with Crippen LogP contribution in [0.25, 0.3) is 22.3 Å². The first-order chi connectivity index (χ1) is 15.0. The highest BCUT2D eigenvalue weighted by Crippen LogP contribution is 2.29. The summed E-state index contributed by atoms with van der Waals surface area (Å²) in [4.78, 5) is 24.5. The lowest BCUT2D eigenvalue weighted by molar-refractivity contribution is 0.0698. The summed E-state index contributed by atoms with van der Waals surface area (Å²) < 4.78 is 6.84. The number of anilines is 1. The van der Waals surface area contributed by atoms with Gasteiger partial charge >= 0.3 is 5.97 Å². The van der Waals surface area contributed by atoms with Crippen LogP contribution in [0.1, 0.15) is 21.5 Å². The van der Waals surface area contributed by atoms with Crippen molar-refractivity contribution in [3.05, 3.63) is 97.2 Å². The van der Waals surface area contributed by atoms with Crippen LogP contribution in [-0.4, -0.2) is 17.6 Å². The van der Waals surface area contributed by atoms with Gasteiger partial charge in [-0.3, -0.25) is 4.79 Å². The van der Waals surface area contributed by atoms with E-state index in [0.717, 1.165) is 16.7 Å². The molecule has 156 valence electrons. The zero-order valence-corrected chi connectivity index (χ0v) is 19.0. The van der Waals surface area contributed by atoms with Crippen LogP contribution in [0.5, 0.6) is 0 Å². The van der Waals surface area contributed by atoms with Gasteiger partial charge in [0.05, 0.1) is 10.9 Å². The first-order valence-corrected chi connectivity index (χ1v) is 10.9. The van der Waals surface area contributed by atoms with Crippen molar-refractivity contribution in [3.8, 4) is 11.3 Å². The molecule has 0 spiro atoms. The highest BCUT2D eigenvalue weighted by Gasteiger charge is 2.17. The molecule has 1 heterocycles. The first kappa shape index (κ1) is 21.1. The summed E-state index contributed by atoms with van der Waals surface area (Å²) in [5.74, 6) is -0.412. The lowest BCUT2D eigenvalue weighted by Crippen LogP contribution is -2.12. The Morgan fingerprint density at radius 3 is 2.52 bits per heavy atom. The zero-order valence-electron chi connectivity index (χ0n) is 16.8. The molecule has 0 radical (unpaired) electrons. The molecular formula is C25H20INO4. The van der Waals surface area contributed by atoms with Crippen molar-refractivity contribution < 1.29 is 14.3 Å². The van der Waals surface area contributed by atoms with Crippen molar-refractivity contribution >= 4 is 45.2 Å². The van der Waals surface area contributed by atoms with Crippen LogP contribution in [0, 0.1) is 10.5 Å². The molecule has 0 fully saturated rings. The van der Waals surface area contributed by atoms with Gasteiger partial charge in [-0.05, 0) is 65.3 Å². The van der Waals surface area contributed by atoms with E-state index in [1.807, 2.05) is 49.4 Å². The van der Waals surface area contributed by atoms with Gasteiger partial charge in [0.2, 0.25) is 5.43 Å². The van der Waals surface area contributed by atoms with Gasteiger partial charge in [-0.25, -0.2) is 4.79 Å². The van der Waals surface area contributed by atoms with Gasteiger partial charge in [0.1, 0.15) is 9.15 Å². The molecule has 1 aromatic heterocycles. The van der Waals surface area contributed by atoms with E-state index in [2.05, 4.69) is 27.9 Å². The van der Waals surface area contributed by atoms with Crippen LogP contribution in [-0.2, 0) is 6.42 Å². The highest BCUT2D eigenvalue weighted by atomic mass is 127. The lowest BCUT2D eigenvalue weighted by Gasteiger charge is -2.13. The lowest BCUT2D eigenvalue weighted by atomic mass is 10.0. The predicted molar refractivity (Wildman–Crippen MR) is 131 cm³/mol. The topological polar surface area (TPSA) is 79.5 Å². The predicted octanol–water partition coefficient (Wildman–Crippen LogP) is 5.73. The standard InChI is InChI=1S/C25H20INO4/c1-15-13-17(11-12-27-20-10-6-5-9-18(20)25(29)30)23-19(14-15)22(28)21(26)24(31-23)16-7-3-2-4-8-16/h2-10,13-14,27H,11-12H2,1H3,(H,29,30). The Hall–Kier alpha value is -3.13. The summed E-state index contributed by atoms with van der Waals surface area (Å²) in [6.07, 6.45) is 0.573. The number of carboxylic acid groups (broad SMARTS) is 1. The zero-order chi connectivity index (χ0) is 22.0. The van der Waals surface area contributed by atoms with Crippen molar-refractivity contribution in [1.82, 2.24) is 0 Å². The SMILES string of the molecule is Cc1cc(CCNc2ccccc2C(=O)O)c2oc(-c3ccccc3)c(I)c(=O)c2c1. The Balaban J connectivity index is 1.72.